The molecular formula is C21H22Cl2N4O5. The minimum Gasteiger partial charge on any atom is -0.493 e. The van der Waals surface area contributed by atoms with E-state index in [1.807, 2.05) is 0 Å². The predicted octanol–water partition coefficient (Wildman–Crippen LogP) is 2.99. The second-order valence-corrected chi connectivity index (χ2v) is 7.54. The van der Waals surface area contributed by atoms with Crippen LogP contribution in [0.2, 0.25) is 10.0 Å². The maximum absolute atomic E-state index is 12.2. The van der Waals surface area contributed by atoms with E-state index in [2.05, 4.69) is 21.2 Å². The van der Waals surface area contributed by atoms with E-state index in [4.69, 9.17) is 32.7 Å². The highest BCUT2D eigenvalue weighted by atomic mass is 35.5. The minimum atomic E-state index is -0.881. The van der Waals surface area contributed by atoms with E-state index in [1.165, 1.54) is 19.4 Å². The number of amides is 3. The number of rotatable bonds is 8. The summed E-state index contributed by atoms with van der Waals surface area (Å²) in [6, 6.07) is 9.34. The zero-order valence-corrected chi connectivity index (χ0v) is 19.1. The largest absolute Gasteiger partial charge is 0.493 e. The van der Waals surface area contributed by atoms with Crippen LogP contribution >= 0.6 is 23.2 Å². The third-order valence-electron chi connectivity index (χ3n) is 3.76. The average Bonchev–Trinajstić information content (AvgIpc) is 2.74. The first kappa shape index (κ1) is 25.0. The number of methoxy groups -OCH3 is 1. The number of carbonyl (C=O) groups excluding carboxylic acids is 3. The third kappa shape index (κ3) is 7.75. The van der Waals surface area contributed by atoms with Gasteiger partial charge in [0.05, 0.1) is 24.0 Å². The molecule has 0 atom stereocenters. The van der Waals surface area contributed by atoms with Crippen molar-refractivity contribution >= 4 is 52.8 Å². The van der Waals surface area contributed by atoms with Crippen LogP contribution in [0.1, 0.15) is 19.4 Å². The molecule has 3 N–H and O–H groups in total. The van der Waals surface area contributed by atoms with Gasteiger partial charge in [-0.3, -0.25) is 14.4 Å². The molecule has 0 radical (unpaired) electrons. The van der Waals surface area contributed by atoms with Gasteiger partial charge >= 0.3 is 11.8 Å². The van der Waals surface area contributed by atoms with Gasteiger partial charge in [0.2, 0.25) is 0 Å². The summed E-state index contributed by atoms with van der Waals surface area (Å²) in [5.41, 5.74) is 3.11. The molecule has 0 saturated heterocycles. The van der Waals surface area contributed by atoms with Crippen LogP contribution in [-0.4, -0.2) is 43.7 Å². The fourth-order valence-electron chi connectivity index (χ4n) is 2.35. The maximum atomic E-state index is 12.2. The Morgan fingerprint density at radius 1 is 1.06 bits per heavy atom. The molecule has 2 aromatic carbocycles. The van der Waals surface area contributed by atoms with Gasteiger partial charge in [0.1, 0.15) is 0 Å². The van der Waals surface area contributed by atoms with Crippen molar-refractivity contribution in [3.8, 4) is 11.5 Å². The summed E-state index contributed by atoms with van der Waals surface area (Å²) in [6.07, 6.45) is 1.34. The van der Waals surface area contributed by atoms with E-state index in [0.717, 1.165) is 0 Å². The molecule has 0 aliphatic carbocycles. The van der Waals surface area contributed by atoms with Gasteiger partial charge in [-0.1, -0.05) is 23.2 Å². The molecule has 0 bridgehead atoms. The van der Waals surface area contributed by atoms with Crippen molar-refractivity contribution in [2.75, 3.05) is 19.0 Å². The van der Waals surface area contributed by atoms with Crippen molar-refractivity contribution in [2.24, 2.45) is 5.10 Å². The second-order valence-electron chi connectivity index (χ2n) is 6.70. The number of hydrogen-bond donors (Lipinski definition) is 3. The molecule has 11 heteroatoms. The number of carbonyl (C=O) groups is 3. The number of anilines is 1. The monoisotopic (exact) mass is 480 g/mol. The highest BCUT2D eigenvalue weighted by molar-refractivity contribution is 6.36. The van der Waals surface area contributed by atoms with Crippen LogP contribution in [0.5, 0.6) is 11.5 Å². The lowest BCUT2D eigenvalue weighted by Gasteiger charge is -2.12. The van der Waals surface area contributed by atoms with Crippen molar-refractivity contribution in [3.05, 3.63) is 52.0 Å². The lowest BCUT2D eigenvalue weighted by molar-refractivity contribution is -0.139. The van der Waals surface area contributed by atoms with E-state index >= 15 is 0 Å². The summed E-state index contributed by atoms with van der Waals surface area (Å²) in [5.74, 6) is -1.42. The lowest BCUT2D eigenvalue weighted by atomic mass is 10.2. The molecule has 0 aromatic heterocycles. The summed E-state index contributed by atoms with van der Waals surface area (Å²) < 4.78 is 10.8. The molecule has 32 heavy (non-hydrogen) atoms. The molecule has 0 saturated carbocycles. The fourth-order valence-corrected chi connectivity index (χ4v) is 2.80. The van der Waals surface area contributed by atoms with Crippen molar-refractivity contribution < 1.29 is 23.9 Å². The molecular weight excluding hydrogens is 459 g/mol. The maximum Gasteiger partial charge on any atom is 0.329 e. The Kier molecular flexibility index (Phi) is 9.30. The van der Waals surface area contributed by atoms with Gasteiger partial charge in [-0.15, -0.1) is 0 Å². The molecule has 0 aliphatic heterocycles. The van der Waals surface area contributed by atoms with E-state index in [9.17, 15) is 14.4 Å². The Morgan fingerprint density at radius 3 is 2.47 bits per heavy atom. The average molecular weight is 481 g/mol. The first-order valence-corrected chi connectivity index (χ1v) is 10.1. The summed E-state index contributed by atoms with van der Waals surface area (Å²) in [7, 11) is 1.44. The van der Waals surface area contributed by atoms with Gasteiger partial charge in [0, 0.05) is 11.1 Å². The van der Waals surface area contributed by atoms with Crippen molar-refractivity contribution in [1.29, 1.82) is 0 Å². The lowest BCUT2D eigenvalue weighted by Crippen LogP contribution is -2.41. The zero-order chi connectivity index (χ0) is 23.7. The van der Waals surface area contributed by atoms with E-state index in [-0.39, 0.29) is 12.6 Å². The number of benzene rings is 2. The minimum absolute atomic E-state index is 0.167. The Labute approximate surface area is 195 Å². The smallest absolute Gasteiger partial charge is 0.329 e. The van der Waals surface area contributed by atoms with Gasteiger partial charge in [0.15, 0.2) is 18.1 Å². The Morgan fingerprint density at radius 2 is 1.81 bits per heavy atom. The number of ether oxygens (including phenoxy) is 2. The standard InChI is InChI=1S/C21H22Cl2N4O5/c1-12(2)25-20(29)21(30)27-24-10-13-4-7-17(18(8-13)31-3)32-11-19(28)26-16-6-5-14(22)9-15(16)23/h4-10,12H,11H2,1-3H3,(H,25,29)(H,26,28)(H,27,30)/b24-10-. The molecule has 2 rings (SSSR count). The van der Waals surface area contributed by atoms with Crippen LogP contribution in [0.25, 0.3) is 0 Å². The zero-order valence-electron chi connectivity index (χ0n) is 17.6. The molecule has 0 unspecified atom stereocenters. The first-order chi connectivity index (χ1) is 15.2. The molecule has 2 aromatic rings. The van der Waals surface area contributed by atoms with Crippen LogP contribution in [0.15, 0.2) is 41.5 Å². The quantitative estimate of drug-likeness (QED) is 0.305. The highest BCUT2D eigenvalue weighted by Crippen LogP contribution is 2.28. The molecule has 0 spiro atoms. The Bertz CT molecular complexity index is 1030. The van der Waals surface area contributed by atoms with E-state index in [0.29, 0.717) is 32.8 Å². The van der Waals surface area contributed by atoms with Gasteiger partial charge in [-0.2, -0.15) is 5.10 Å². The summed E-state index contributed by atoms with van der Waals surface area (Å²) in [6.45, 7) is 3.19. The van der Waals surface area contributed by atoms with Crippen LogP contribution < -0.4 is 25.5 Å². The summed E-state index contributed by atoms with van der Waals surface area (Å²) in [5, 5.41) is 9.58. The fraction of sp³-hybridized carbons (Fsp3) is 0.238. The predicted molar refractivity (Wildman–Crippen MR) is 123 cm³/mol. The highest BCUT2D eigenvalue weighted by Gasteiger charge is 2.13. The number of nitrogens with one attached hydrogen (secondary N) is 3. The van der Waals surface area contributed by atoms with Gasteiger partial charge < -0.3 is 20.1 Å². The molecule has 3 amide bonds. The number of nitrogens with zero attached hydrogens (tertiary/aromatic N) is 1. The first-order valence-electron chi connectivity index (χ1n) is 9.39. The van der Waals surface area contributed by atoms with Crippen LogP contribution in [0, 0.1) is 0 Å². The van der Waals surface area contributed by atoms with Gasteiger partial charge in [-0.05, 0) is 55.8 Å². The summed E-state index contributed by atoms with van der Waals surface area (Å²) >= 11 is 11.9. The van der Waals surface area contributed by atoms with Crippen molar-refractivity contribution in [3.63, 3.8) is 0 Å². The molecule has 0 fully saturated rings. The SMILES string of the molecule is COc1cc(/C=N\NC(=O)C(=O)NC(C)C)ccc1OCC(=O)Nc1ccc(Cl)cc1Cl. The number of halogens is 2. The van der Waals surface area contributed by atoms with Crippen molar-refractivity contribution in [2.45, 2.75) is 19.9 Å². The normalized spacial score (nSPS) is 10.7. The van der Waals surface area contributed by atoms with E-state index < -0.39 is 17.7 Å². The summed E-state index contributed by atoms with van der Waals surface area (Å²) in [4.78, 5) is 35.3. The molecule has 170 valence electrons. The second kappa shape index (κ2) is 11.9. The van der Waals surface area contributed by atoms with Gasteiger partial charge in [-0.25, -0.2) is 5.43 Å². The molecule has 9 nitrogen and oxygen atoms in total. The van der Waals surface area contributed by atoms with E-state index in [1.54, 1.807) is 44.2 Å². The van der Waals surface area contributed by atoms with Gasteiger partial charge in [0.25, 0.3) is 5.91 Å². The number of hydrogen-bond acceptors (Lipinski definition) is 6. The topological polar surface area (TPSA) is 118 Å². The van der Waals surface area contributed by atoms with Crippen molar-refractivity contribution in [1.82, 2.24) is 10.7 Å². The number of hydrazone groups is 1. The molecule has 0 aliphatic rings. The Balaban J connectivity index is 1.94. The van der Waals surface area contributed by atoms with Crippen LogP contribution in [-0.2, 0) is 14.4 Å². The third-order valence-corrected chi connectivity index (χ3v) is 4.31. The Hall–Kier alpha value is -3.30. The van der Waals surface area contributed by atoms with Crippen LogP contribution in [0.4, 0.5) is 5.69 Å². The molecule has 0 heterocycles. The van der Waals surface area contributed by atoms with Crippen LogP contribution in [0.3, 0.4) is 0 Å².